The number of fused-ring (bicyclic) bond motifs is 1. The Hall–Kier alpha value is -2.17. The van der Waals surface area contributed by atoms with Crippen LogP contribution in [0.5, 0.6) is 0 Å². The van der Waals surface area contributed by atoms with Crippen molar-refractivity contribution in [1.29, 1.82) is 0 Å². The van der Waals surface area contributed by atoms with E-state index < -0.39 is 5.76 Å². The molecule has 0 amide bonds. The van der Waals surface area contributed by atoms with E-state index in [0.717, 1.165) is 11.3 Å². The van der Waals surface area contributed by atoms with Gasteiger partial charge in [-0.05, 0) is 11.6 Å². The SMILES string of the molecule is O=c1[nH]nc(C2=Nc3ccccc3C2)o1. The van der Waals surface area contributed by atoms with Crippen LogP contribution in [-0.2, 0) is 6.42 Å². The molecule has 0 radical (unpaired) electrons. The van der Waals surface area contributed by atoms with E-state index in [9.17, 15) is 4.79 Å². The molecule has 1 aliphatic rings. The summed E-state index contributed by atoms with van der Waals surface area (Å²) in [6.45, 7) is 0. The molecular formula is C10H7N3O2. The van der Waals surface area contributed by atoms with E-state index in [0.29, 0.717) is 12.1 Å². The molecule has 1 aromatic heterocycles. The predicted octanol–water partition coefficient (Wildman–Crippen LogP) is 1.04. The zero-order chi connectivity index (χ0) is 10.3. The van der Waals surface area contributed by atoms with E-state index in [1.165, 1.54) is 0 Å². The number of nitrogens with one attached hydrogen (secondary N) is 1. The summed E-state index contributed by atoms with van der Waals surface area (Å²) < 4.78 is 4.85. The Kier molecular flexibility index (Phi) is 1.58. The van der Waals surface area contributed by atoms with Gasteiger partial charge in [-0.2, -0.15) is 0 Å². The number of hydrogen-bond acceptors (Lipinski definition) is 4. The van der Waals surface area contributed by atoms with Crippen molar-refractivity contribution in [3.63, 3.8) is 0 Å². The van der Waals surface area contributed by atoms with Crippen LogP contribution in [0.1, 0.15) is 11.5 Å². The van der Waals surface area contributed by atoms with Crippen molar-refractivity contribution in [2.75, 3.05) is 0 Å². The number of aromatic nitrogens is 2. The number of nitrogens with zero attached hydrogens (tertiary/aromatic N) is 2. The summed E-state index contributed by atoms with van der Waals surface area (Å²) in [5, 5.41) is 5.97. The maximum absolute atomic E-state index is 10.8. The van der Waals surface area contributed by atoms with Crippen LogP contribution < -0.4 is 5.76 Å². The van der Waals surface area contributed by atoms with E-state index in [1.54, 1.807) is 0 Å². The highest BCUT2D eigenvalue weighted by atomic mass is 16.4. The van der Waals surface area contributed by atoms with Crippen molar-refractivity contribution in [3.8, 4) is 0 Å². The van der Waals surface area contributed by atoms with Gasteiger partial charge in [0.05, 0.1) is 5.69 Å². The molecule has 1 N–H and O–H groups in total. The summed E-state index contributed by atoms with van der Waals surface area (Å²) in [5.74, 6) is -0.278. The number of aromatic amines is 1. The van der Waals surface area contributed by atoms with E-state index >= 15 is 0 Å². The second kappa shape index (κ2) is 2.91. The Morgan fingerprint density at radius 2 is 2.20 bits per heavy atom. The van der Waals surface area contributed by atoms with Crippen LogP contribution >= 0.6 is 0 Å². The number of H-pyrrole nitrogens is 1. The Morgan fingerprint density at radius 3 is 2.93 bits per heavy atom. The second-order valence-corrected chi connectivity index (χ2v) is 3.28. The van der Waals surface area contributed by atoms with Gasteiger partial charge in [-0.15, -0.1) is 5.10 Å². The molecule has 15 heavy (non-hydrogen) atoms. The first-order valence-electron chi connectivity index (χ1n) is 4.54. The molecule has 1 aliphatic heterocycles. The van der Waals surface area contributed by atoms with E-state index in [4.69, 9.17) is 4.42 Å². The predicted molar refractivity (Wildman–Crippen MR) is 53.5 cm³/mol. The van der Waals surface area contributed by atoms with Crippen LogP contribution in [0, 0.1) is 0 Å². The van der Waals surface area contributed by atoms with Gasteiger partial charge in [0.15, 0.2) is 0 Å². The lowest BCUT2D eigenvalue weighted by Gasteiger charge is -1.92. The number of hydrogen-bond donors (Lipinski definition) is 1. The molecule has 5 heteroatoms. The minimum atomic E-state index is -0.552. The van der Waals surface area contributed by atoms with Crippen molar-refractivity contribution in [2.45, 2.75) is 6.42 Å². The van der Waals surface area contributed by atoms with Crippen LogP contribution in [0.15, 0.2) is 38.5 Å². The molecule has 0 saturated heterocycles. The highest BCUT2D eigenvalue weighted by Gasteiger charge is 2.19. The Labute approximate surface area is 84.5 Å². The monoisotopic (exact) mass is 201 g/mol. The average molecular weight is 201 g/mol. The summed E-state index contributed by atoms with van der Waals surface area (Å²) in [4.78, 5) is 15.1. The lowest BCUT2D eigenvalue weighted by atomic mass is 10.1. The maximum Gasteiger partial charge on any atom is 0.434 e. The Balaban J connectivity index is 2.04. The van der Waals surface area contributed by atoms with Crippen LogP contribution in [0.25, 0.3) is 0 Å². The van der Waals surface area contributed by atoms with Crippen molar-refractivity contribution in [3.05, 3.63) is 46.3 Å². The van der Waals surface area contributed by atoms with Crippen LogP contribution in [0.2, 0.25) is 0 Å². The Bertz CT molecular complexity index is 594. The third-order valence-corrected chi connectivity index (χ3v) is 2.29. The summed E-state index contributed by atoms with van der Waals surface area (Å²) in [6.07, 6.45) is 0.657. The molecule has 0 atom stereocenters. The van der Waals surface area contributed by atoms with Gasteiger partial charge in [0.1, 0.15) is 5.71 Å². The number of rotatable bonds is 1. The second-order valence-electron chi connectivity index (χ2n) is 3.28. The molecule has 2 heterocycles. The molecule has 1 aromatic carbocycles. The molecule has 5 nitrogen and oxygen atoms in total. The average Bonchev–Trinajstić information content (AvgIpc) is 2.82. The largest absolute Gasteiger partial charge is 0.434 e. The van der Waals surface area contributed by atoms with Crippen LogP contribution in [0.4, 0.5) is 5.69 Å². The lowest BCUT2D eigenvalue weighted by Crippen LogP contribution is -2.00. The van der Waals surface area contributed by atoms with Gasteiger partial charge in [0.25, 0.3) is 5.89 Å². The van der Waals surface area contributed by atoms with E-state index in [1.807, 2.05) is 24.3 Å². The number of para-hydroxylation sites is 1. The minimum Gasteiger partial charge on any atom is -0.386 e. The fraction of sp³-hybridized carbons (Fsp3) is 0.100. The molecule has 0 aliphatic carbocycles. The normalized spacial score (nSPS) is 13.7. The molecule has 0 spiro atoms. The van der Waals surface area contributed by atoms with Crippen LogP contribution in [0.3, 0.4) is 0 Å². The van der Waals surface area contributed by atoms with Gasteiger partial charge in [-0.1, -0.05) is 18.2 Å². The van der Waals surface area contributed by atoms with Crippen LogP contribution in [-0.4, -0.2) is 15.9 Å². The molecule has 0 fully saturated rings. The van der Waals surface area contributed by atoms with Crippen molar-refractivity contribution >= 4 is 11.4 Å². The molecule has 3 rings (SSSR count). The summed E-state index contributed by atoms with van der Waals surface area (Å²) >= 11 is 0. The third-order valence-electron chi connectivity index (χ3n) is 2.29. The van der Waals surface area contributed by atoms with Gasteiger partial charge in [-0.25, -0.2) is 14.9 Å². The van der Waals surface area contributed by atoms with Gasteiger partial charge in [0.2, 0.25) is 0 Å². The molecule has 2 aromatic rings. The molecule has 0 bridgehead atoms. The first-order valence-corrected chi connectivity index (χ1v) is 4.54. The zero-order valence-electron chi connectivity index (χ0n) is 7.73. The van der Waals surface area contributed by atoms with Crippen molar-refractivity contribution in [2.24, 2.45) is 4.99 Å². The van der Waals surface area contributed by atoms with Crippen molar-refractivity contribution < 1.29 is 4.42 Å². The molecular weight excluding hydrogens is 194 g/mol. The number of benzene rings is 1. The summed E-state index contributed by atoms with van der Waals surface area (Å²) in [7, 11) is 0. The fourth-order valence-electron chi connectivity index (χ4n) is 1.61. The smallest absolute Gasteiger partial charge is 0.386 e. The summed E-state index contributed by atoms with van der Waals surface area (Å²) in [6, 6.07) is 7.80. The molecule has 0 saturated carbocycles. The first kappa shape index (κ1) is 8.16. The van der Waals surface area contributed by atoms with Gasteiger partial charge in [-0.3, -0.25) is 0 Å². The minimum absolute atomic E-state index is 0.274. The Morgan fingerprint density at radius 1 is 1.33 bits per heavy atom. The number of aliphatic imine (C=N–C) groups is 1. The summed E-state index contributed by atoms with van der Waals surface area (Å²) in [5.41, 5.74) is 2.73. The first-order chi connectivity index (χ1) is 7.33. The fourth-order valence-corrected chi connectivity index (χ4v) is 1.61. The van der Waals surface area contributed by atoms with E-state index in [-0.39, 0.29) is 5.89 Å². The third kappa shape index (κ3) is 1.28. The zero-order valence-corrected chi connectivity index (χ0v) is 7.73. The van der Waals surface area contributed by atoms with Gasteiger partial charge < -0.3 is 4.42 Å². The van der Waals surface area contributed by atoms with Crippen molar-refractivity contribution in [1.82, 2.24) is 10.2 Å². The maximum atomic E-state index is 10.8. The van der Waals surface area contributed by atoms with Gasteiger partial charge in [0, 0.05) is 6.42 Å². The highest BCUT2D eigenvalue weighted by molar-refractivity contribution is 6.03. The molecule has 0 unspecified atom stereocenters. The lowest BCUT2D eigenvalue weighted by molar-refractivity contribution is 0.503. The highest BCUT2D eigenvalue weighted by Crippen LogP contribution is 2.27. The van der Waals surface area contributed by atoms with E-state index in [2.05, 4.69) is 15.2 Å². The van der Waals surface area contributed by atoms with Gasteiger partial charge >= 0.3 is 5.76 Å². The quantitative estimate of drug-likeness (QED) is 0.749. The molecule has 74 valence electrons. The standard InChI is InChI=1S/C10H7N3O2/c14-10-13-12-9(15-10)8-5-6-3-1-2-4-7(6)11-8/h1-4H,5H2,(H,13,14). The topological polar surface area (TPSA) is 71.2 Å².